The summed E-state index contributed by atoms with van der Waals surface area (Å²) in [5.41, 5.74) is 0.504. The zero-order valence-electron chi connectivity index (χ0n) is 13.5. The van der Waals surface area contributed by atoms with E-state index >= 15 is 0 Å². The molecule has 122 valence electrons. The van der Waals surface area contributed by atoms with Crippen molar-refractivity contribution in [3.05, 3.63) is 71.0 Å². The molecule has 1 heterocycles. The molecular weight excluding hydrogens is 304 g/mol. The van der Waals surface area contributed by atoms with Crippen molar-refractivity contribution in [1.29, 1.82) is 0 Å². The number of nitrogens with one attached hydrogen (secondary N) is 1. The Labute approximate surface area is 139 Å². The van der Waals surface area contributed by atoms with E-state index in [4.69, 9.17) is 0 Å². The van der Waals surface area contributed by atoms with Gasteiger partial charge in [0.05, 0.1) is 5.69 Å². The molecule has 24 heavy (non-hydrogen) atoms. The molecule has 0 aliphatic heterocycles. The molecule has 0 amide bonds. The molecule has 3 rings (SSSR count). The van der Waals surface area contributed by atoms with E-state index in [-0.39, 0.29) is 11.5 Å². The van der Waals surface area contributed by atoms with Crippen molar-refractivity contribution >= 4 is 11.4 Å². The predicted octanol–water partition coefficient (Wildman–Crippen LogP) is 4.58. The van der Waals surface area contributed by atoms with Crippen molar-refractivity contribution < 1.29 is 5.11 Å². The summed E-state index contributed by atoms with van der Waals surface area (Å²) in [5.74, 6) is -0.177. The van der Waals surface area contributed by atoms with Gasteiger partial charge < -0.3 is 10.1 Å². The van der Waals surface area contributed by atoms with E-state index in [2.05, 4.69) is 20.2 Å². The lowest BCUT2D eigenvalue weighted by Crippen LogP contribution is -2.08. The van der Waals surface area contributed by atoms with Crippen LogP contribution in [0.3, 0.4) is 0 Å². The first kappa shape index (κ1) is 17.1. The molecule has 2 N–H and O–H groups in total. The Morgan fingerprint density at radius 2 is 1.50 bits per heavy atom. The smallest absolute Gasteiger partial charge is 0.283 e. The summed E-state index contributed by atoms with van der Waals surface area (Å²) in [5, 5.41) is 17.6. The minimum Gasteiger partial charge on any atom is -0.491 e. The van der Waals surface area contributed by atoms with Gasteiger partial charge in [0.1, 0.15) is 5.82 Å². The van der Waals surface area contributed by atoms with Crippen LogP contribution in [-0.4, -0.2) is 15.1 Å². The summed E-state index contributed by atoms with van der Waals surface area (Å²) in [6.07, 6.45) is 0. The quantitative estimate of drug-likeness (QED) is 0.691. The monoisotopic (exact) mass is 322 g/mol. The van der Waals surface area contributed by atoms with Crippen LogP contribution in [0.25, 0.3) is 11.4 Å². The number of azo groups is 1. The molecule has 0 spiro atoms. The second-order valence-corrected chi connectivity index (χ2v) is 4.49. The average Bonchev–Trinajstić information content (AvgIpc) is 2.64. The highest BCUT2D eigenvalue weighted by molar-refractivity contribution is 5.58. The third kappa shape index (κ3) is 4.13. The van der Waals surface area contributed by atoms with Gasteiger partial charge in [-0.2, -0.15) is 10.1 Å². The topological polar surface area (TPSA) is 90.7 Å². The molecule has 3 aromatic rings. The van der Waals surface area contributed by atoms with Gasteiger partial charge in [0.2, 0.25) is 11.6 Å². The standard InChI is InChI=1S/C16H12N4O2.C2H6/c21-15-13(20-19-12-9-5-2-6-10-12)16(22)18-14(17-15)11-7-3-1-4-8-11;1-2/h1-10H,(H2,17,18,21,22);1-2H3. The van der Waals surface area contributed by atoms with Crippen molar-refractivity contribution in [2.24, 2.45) is 10.2 Å². The summed E-state index contributed by atoms with van der Waals surface area (Å²) in [7, 11) is 0. The van der Waals surface area contributed by atoms with Gasteiger partial charge in [0, 0.05) is 5.56 Å². The molecule has 0 bridgehead atoms. The Morgan fingerprint density at radius 1 is 0.917 bits per heavy atom. The lowest BCUT2D eigenvalue weighted by atomic mass is 10.2. The molecule has 0 unspecified atom stereocenters. The van der Waals surface area contributed by atoms with Crippen LogP contribution in [0.5, 0.6) is 5.88 Å². The second kappa shape index (κ2) is 8.38. The van der Waals surface area contributed by atoms with Crippen LogP contribution < -0.4 is 5.56 Å². The molecular formula is C18H18N4O2. The fourth-order valence-electron chi connectivity index (χ4n) is 1.88. The fourth-order valence-corrected chi connectivity index (χ4v) is 1.88. The maximum absolute atomic E-state index is 12.0. The Hall–Kier alpha value is -3.28. The second-order valence-electron chi connectivity index (χ2n) is 4.49. The van der Waals surface area contributed by atoms with Gasteiger partial charge in [-0.1, -0.05) is 62.4 Å². The minimum absolute atomic E-state index is 0.219. The highest BCUT2D eigenvalue weighted by Gasteiger charge is 2.11. The first-order chi connectivity index (χ1) is 11.7. The number of hydrogen-bond donors (Lipinski definition) is 2. The molecule has 2 aromatic carbocycles. The van der Waals surface area contributed by atoms with Crippen LogP contribution in [0.4, 0.5) is 11.4 Å². The SMILES string of the molecule is CC.O=c1[nH]c(-c2ccccc2)nc(O)c1N=Nc1ccccc1. The summed E-state index contributed by atoms with van der Waals surface area (Å²) in [6.45, 7) is 4.00. The summed E-state index contributed by atoms with van der Waals surface area (Å²) in [4.78, 5) is 18.6. The number of rotatable bonds is 3. The van der Waals surface area contributed by atoms with Crippen molar-refractivity contribution in [3.8, 4) is 17.3 Å². The van der Waals surface area contributed by atoms with Crippen molar-refractivity contribution in [3.63, 3.8) is 0 Å². The number of nitrogens with zero attached hydrogens (tertiary/aromatic N) is 3. The molecule has 0 saturated heterocycles. The number of aromatic hydroxyl groups is 1. The predicted molar refractivity (Wildman–Crippen MR) is 93.9 cm³/mol. The van der Waals surface area contributed by atoms with Gasteiger partial charge >= 0.3 is 0 Å². The Kier molecular flexibility index (Phi) is 5.96. The van der Waals surface area contributed by atoms with Gasteiger partial charge in [0.25, 0.3) is 5.56 Å². The third-order valence-electron chi connectivity index (χ3n) is 2.95. The van der Waals surface area contributed by atoms with E-state index in [1.54, 1.807) is 36.4 Å². The summed E-state index contributed by atoms with van der Waals surface area (Å²) < 4.78 is 0. The molecule has 0 aliphatic carbocycles. The zero-order valence-corrected chi connectivity index (χ0v) is 13.5. The molecule has 1 aromatic heterocycles. The van der Waals surface area contributed by atoms with E-state index < -0.39 is 11.4 Å². The number of benzene rings is 2. The van der Waals surface area contributed by atoms with Crippen LogP contribution in [0.1, 0.15) is 13.8 Å². The Balaban J connectivity index is 0.00000100. The molecule has 0 atom stereocenters. The van der Waals surface area contributed by atoms with E-state index in [1.807, 2.05) is 38.1 Å². The van der Waals surface area contributed by atoms with Crippen LogP contribution in [-0.2, 0) is 0 Å². The number of aromatic amines is 1. The average molecular weight is 322 g/mol. The normalized spacial score (nSPS) is 10.2. The number of aromatic nitrogens is 2. The first-order valence-electron chi connectivity index (χ1n) is 7.59. The Morgan fingerprint density at radius 3 is 2.08 bits per heavy atom. The van der Waals surface area contributed by atoms with Crippen LogP contribution >= 0.6 is 0 Å². The van der Waals surface area contributed by atoms with Crippen LogP contribution in [0.2, 0.25) is 0 Å². The molecule has 0 radical (unpaired) electrons. The molecule has 0 aliphatic rings. The van der Waals surface area contributed by atoms with Gasteiger partial charge in [0.15, 0.2) is 0 Å². The van der Waals surface area contributed by atoms with Crippen LogP contribution in [0.15, 0.2) is 75.7 Å². The largest absolute Gasteiger partial charge is 0.491 e. The Bertz CT molecular complexity index is 859. The minimum atomic E-state index is -0.550. The van der Waals surface area contributed by atoms with Crippen LogP contribution in [0, 0.1) is 0 Å². The summed E-state index contributed by atoms with van der Waals surface area (Å²) >= 11 is 0. The van der Waals surface area contributed by atoms with Gasteiger partial charge in [-0.15, -0.1) is 5.11 Å². The molecule has 0 fully saturated rings. The summed E-state index contributed by atoms with van der Waals surface area (Å²) in [6, 6.07) is 18.0. The maximum atomic E-state index is 12.0. The van der Waals surface area contributed by atoms with E-state index in [1.165, 1.54) is 0 Å². The van der Waals surface area contributed by atoms with Crippen molar-refractivity contribution in [2.75, 3.05) is 0 Å². The van der Waals surface area contributed by atoms with E-state index in [9.17, 15) is 9.90 Å². The zero-order chi connectivity index (χ0) is 17.4. The molecule has 0 saturated carbocycles. The van der Waals surface area contributed by atoms with Gasteiger partial charge in [-0.25, -0.2) is 0 Å². The number of H-pyrrole nitrogens is 1. The first-order valence-corrected chi connectivity index (χ1v) is 7.59. The fraction of sp³-hybridized carbons (Fsp3) is 0.111. The molecule has 6 heteroatoms. The van der Waals surface area contributed by atoms with Gasteiger partial charge in [-0.05, 0) is 12.1 Å². The van der Waals surface area contributed by atoms with Crippen molar-refractivity contribution in [1.82, 2.24) is 9.97 Å². The van der Waals surface area contributed by atoms with Crippen molar-refractivity contribution in [2.45, 2.75) is 13.8 Å². The van der Waals surface area contributed by atoms with E-state index in [0.717, 1.165) is 0 Å². The highest BCUT2D eigenvalue weighted by Crippen LogP contribution is 2.24. The highest BCUT2D eigenvalue weighted by atomic mass is 16.3. The van der Waals surface area contributed by atoms with E-state index in [0.29, 0.717) is 11.3 Å². The third-order valence-corrected chi connectivity index (χ3v) is 2.95. The van der Waals surface area contributed by atoms with Gasteiger partial charge in [-0.3, -0.25) is 4.79 Å². The molecule has 6 nitrogen and oxygen atoms in total. The lowest BCUT2D eigenvalue weighted by molar-refractivity contribution is 0.453. The lowest BCUT2D eigenvalue weighted by Gasteiger charge is -2.02. The number of hydrogen-bond acceptors (Lipinski definition) is 5. The maximum Gasteiger partial charge on any atom is 0.283 e.